The minimum absolute atomic E-state index is 0.647. The van der Waals surface area contributed by atoms with Gasteiger partial charge in [-0.2, -0.15) is 0 Å². The molecule has 0 aliphatic carbocycles. The van der Waals surface area contributed by atoms with Crippen molar-refractivity contribution in [3.63, 3.8) is 0 Å². The molecule has 0 bridgehead atoms. The molecule has 0 spiro atoms. The first-order valence-electron chi connectivity index (χ1n) is 6.10. The fourth-order valence-corrected chi connectivity index (χ4v) is 2.53. The highest BCUT2D eigenvalue weighted by Crippen LogP contribution is 2.23. The lowest BCUT2D eigenvalue weighted by Crippen LogP contribution is -1.95. The average Bonchev–Trinajstić information content (AvgIpc) is 2.99. The molecule has 5 nitrogen and oxygen atoms in total. The van der Waals surface area contributed by atoms with Crippen LogP contribution in [0.3, 0.4) is 0 Å². The van der Waals surface area contributed by atoms with E-state index in [1.165, 1.54) is 0 Å². The van der Waals surface area contributed by atoms with Crippen molar-refractivity contribution in [3.8, 4) is 11.5 Å². The topological polar surface area (TPSA) is 64.7 Å². The number of rotatable bonds is 4. The molecule has 6 heteroatoms. The zero-order valence-electron chi connectivity index (χ0n) is 10.9. The van der Waals surface area contributed by atoms with E-state index in [-0.39, 0.29) is 0 Å². The molecule has 20 heavy (non-hydrogen) atoms. The molecule has 3 heterocycles. The largest absolute Gasteiger partial charge is 0.364 e. The van der Waals surface area contributed by atoms with Crippen LogP contribution in [0, 0.1) is 6.92 Å². The number of hydrogen-bond acceptors (Lipinski definition) is 6. The number of pyridine rings is 1. The van der Waals surface area contributed by atoms with Gasteiger partial charge >= 0.3 is 0 Å². The van der Waals surface area contributed by atoms with Gasteiger partial charge in [0, 0.05) is 23.7 Å². The Morgan fingerprint density at radius 3 is 2.90 bits per heavy atom. The molecule has 0 saturated heterocycles. The van der Waals surface area contributed by atoms with Crippen LogP contribution in [0.15, 0.2) is 52.3 Å². The molecule has 3 aromatic heterocycles. The maximum Gasteiger partial charge on any atom is 0.179 e. The Hall–Kier alpha value is -2.21. The second-order valence-electron chi connectivity index (χ2n) is 4.17. The summed E-state index contributed by atoms with van der Waals surface area (Å²) in [6, 6.07) is 9.51. The van der Waals surface area contributed by atoms with Gasteiger partial charge in [0.2, 0.25) is 0 Å². The Labute approximate surface area is 120 Å². The second kappa shape index (κ2) is 5.83. The summed E-state index contributed by atoms with van der Waals surface area (Å²) in [5.41, 5.74) is 2.59. The SMILES string of the molecule is Cc1cc(SCc2ccon2)nc(-c2ccccn2)n1. The van der Waals surface area contributed by atoms with Crippen molar-refractivity contribution in [2.24, 2.45) is 0 Å². The lowest BCUT2D eigenvalue weighted by atomic mass is 10.3. The van der Waals surface area contributed by atoms with E-state index in [9.17, 15) is 0 Å². The molecule has 100 valence electrons. The second-order valence-corrected chi connectivity index (χ2v) is 5.16. The summed E-state index contributed by atoms with van der Waals surface area (Å²) in [5, 5.41) is 4.79. The number of thioether (sulfide) groups is 1. The van der Waals surface area contributed by atoms with Crippen molar-refractivity contribution in [3.05, 3.63) is 54.2 Å². The Morgan fingerprint density at radius 1 is 1.20 bits per heavy atom. The summed E-state index contributed by atoms with van der Waals surface area (Å²) < 4.78 is 4.81. The van der Waals surface area contributed by atoms with Crippen LogP contribution in [-0.4, -0.2) is 20.1 Å². The molecule has 0 radical (unpaired) electrons. The smallest absolute Gasteiger partial charge is 0.179 e. The van der Waals surface area contributed by atoms with Gasteiger partial charge in [0.15, 0.2) is 5.82 Å². The fourth-order valence-electron chi connectivity index (χ4n) is 1.68. The average molecular weight is 284 g/mol. The molecule has 0 unspecified atom stereocenters. The van der Waals surface area contributed by atoms with Crippen LogP contribution in [0.5, 0.6) is 0 Å². The molecule has 0 amide bonds. The van der Waals surface area contributed by atoms with Crippen LogP contribution in [0.4, 0.5) is 0 Å². The molecular weight excluding hydrogens is 272 g/mol. The summed E-state index contributed by atoms with van der Waals surface area (Å²) in [7, 11) is 0. The predicted octanol–water partition coefficient (Wildman–Crippen LogP) is 3.13. The number of hydrogen-bond donors (Lipinski definition) is 0. The summed E-state index contributed by atoms with van der Waals surface area (Å²) in [6.45, 7) is 1.95. The minimum Gasteiger partial charge on any atom is -0.364 e. The first-order chi connectivity index (χ1) is 9.81. The predicted molar refractivity (Wildman–Crippen MR) is 76.1 cm³/mol. The molecule has 0 aliphatic rings. The van der Waals surface area contributed by atoms with Crippen molar-refractivity contribution < 1.29 is 4.52 Å². The summed E-state index contributed by atoms with van der Waals surface area (Å²) in [6.07, 6.45) is 3.31. The first-order valence-corrected chi connectivity index (χ1v) is 7.09. The standard InChI is InChI=1S/C14H12N4OS/c1-10-8-13(20-9-11-5-7-19-18-11)17-14(16-10)12-4-2-3-6-15-12/h2-8H,9H2,1H3. The van der Waals surface area contributed by atoms with E-state index in [2.05, 4.69) is 20.1 Å². The van der Waals surface area contributed by atoms with Gasteiger partial charge in [0.25, 0.3) is 0 Å². The van der Waals surface area contributed by atoms with Crippen molar-refractivity contribution >= 4 is 11.8 Å². The number of aromatic nitrogens is 4. The first kappa shape index (κ1) is 12.8. The maximum absolute atomic E-state index is 4.81. The lowest BCUT2D eigenvalue weighted by Gasteiger charge is -2.04. The molecule has 0 aromatic carbocycles. The van der Waals surface area contributed by atoms with Crippen LogP contribution in [0.1, 0.15) is 11.4 Å². The van der Waals surface area contributed by atoms with Crippen molar-refractivity contribution in [2.75, 3.05) is 0 Å². The van der Waals surface area contributed by atoms with Gasteiger partial charge in [-0.15, -0.1) is 0 Å². The highest BCUT2D eigenvalue weighted by molar-refractivity contribution is 7.98. The van der Waals surface area contributed by atoms with Crippen LogP contribution >= 0.6 is 11.8 Å². The third-order valence-corrected chi connectivity index (χ3v) is 3.53. The normalized spacial score (nSPS) is 10.7. The highest BCUT2D eigenvalue weighted by atomic mass is 32.2. The molecule has 0 saturated carbocycles. The van der Waals surface area contributed by atoms with E-state index in [4.69, 9.17) is 4.52 Å². The quantitative estimate of drug-likeness (QED) is 0.541. The zero-order chi connectivity index (χ0) is 13.8. The van der Waals surface area contributed by atoms with E-state index in [0.717, 1.165) is 22.1 Å². The Morgan fingerprint density at radius 2 is 2.15 bits per heavy atom. The highest BCUT2D eigenvalue weighted by Gasteiger charge is 2.07. The Bertz CT molecular complexity index is 686. The molecule has 0 atom stereocenters. The summed E-state index contributed by atoms with van der Waals surface area (Å²) in [4.78, 5) is 13.2. The molecule has 0 N–H and O–H groups in total. The van der Waals surface area contributed by atoms with Gasteiger partial charge in [-0.3, -0.25) is 4.98 Å². The van der Waals surface area contributed by atoms with E-state index in [1.807, 2.05) is 37.3 Å². The summed E-state index contributed by atoms with van der Waals surface area (Å²) >= 11 is 1.60. The molecule has 3 rings (SSSR count). The minimum atomic E-state index is 0.647. The third kappa shape index (κ3) is 3.03. The molecular formula is C14H12N4OS. The van der Waals surface area contributed by atoms with E-state index < -0.39 is 0 Å². The van der Waals surface area contributed by atoms with E-state index >= 15 is 0 Å². The van der Waals surface area contributed by atoms with Crippen LogP contribution in [-0.2, 0) is 5.75 Å². The van der Waals surface area contributed by atoms with Crippen LogP contribution in [0.25, 0.3) is 11.5 Å². The summed E-state index contributed by atoms with van der Waals surface area (Å²) in [5.74, 6) is 1.36. The van der Waals surface area contributed by atoms with Gasteiger partial charge in [-0.05, 0) is 25.1 Å². The number of aryl methyl sites for hydroxylation is 1. The molecule has 0 aliphatic heterocycles. The van der Waals surface area contributed by atoms with E-state index in [1.54, 1.807) is 24.2 Å². The zero-order valence-corrected chi connectivity index (χ0v) is 11.7. The van der Waals surface area contributed by atoms with Crippen molar-refractivity contribution in [1.29, 1.82) is 0 Å². The van der Waals surface area contributed by atoms with Gasteiger partial charge in [-0.25, -0.2) is 9.97 Å². The molecule has 3 aromatic rings. The molecule has 0 fully saturated rings. The van der Waals surface area contributed by atoms with Gasteiger partial charge in [0.05, 0.1) is 5.69 Å². The van der Waals surface area contributed by atoms with Gasteiger partial charge in [-0.1, -0.05) is 23.0 Å². The monoisotopic (exact) mass is 284 g/mol. The van der Waals surface area contributed by atoms with E-state index in [0.29, 0.717) is 11.6 Å². The van der Waals surface area contributed by atoms with Crippen LogP contribution in [0.2, 0.25) is 0 Å². The lowest BCUT2D eigenvalue weighted by molar-refractivity contribution is 0.414. The van der Waals surface area contributed by atoms with Gasteiger partial charge < -0.3 is 4.52 Å². The Kier molecular flexibility index (Phi) is 3.73. The Balaban J connectivity index is 1.83. The fraction of sp³-hybridized carbons (Fsp3) is 0.143. The van der Waals surface area contributed by atoms with Gasteiger partial charge in [0.1, 0.15) is 17.0 Å². The van der Waals surface area contributed by atoms with Crippen LogP contribution < -0.4 is 0 Å². The van der Waals surface area contributed by atoms with Crippen molar-refractivity contribution in [1.82, 2.24) is 20.1 Å². The number of nitrogens with zero attached hydrogens (tertiary/aromatic N) is 4. The third-order valence-electron chi connectivity index (χ3n) is 2.58. The van der Waals surface area contributed by atoms with Crippen molar-refractivity contribution in [2.45, 2.75) is 17.7 Å². The maximum atomic E-state index is 4.81.